The third-order valence-electron chi connectivity index (χ3n) is 3.15. The lowest BCUT2D eigenvalue weighted by atomic mass is 10.2. The lowest BCUT2D eigenvalue weighted by Crippen LogP contribution is -2.01. The van der Waals surface area contributed by atoms with Gasteiger partial charge in [-0.3, -0.25) is 4.57 Å². The molecule has 1 aromatic heterocycles. The average Bonchev–Trinajstić information content (AvgIpc) is 2.77. The normalized spacial score (nSPS) is 11.1. The number of imidazole rings is 1. The van der Waals surface area contributed by atoms with E-state index in [-0.39, 0.29) is 0 Å². The van der Waals surface area contributed by atoms with Crippen LogP contribution >= 0.6 is 27.5 Å². The van der Waals surface area contributed by atoms with Gasteiger partial charge in [0.2, 0.25) is 0 Å². The first-order chi connectivity index (χ1) is 9.20. The highest BCUT2D eigenvalue weighted by Crippen LogP contribution is 2.26. The van der Waals surface area contributed by atoms with Crippen molar-refractivity contribution >= 4 is 38.6 Å². The van der Waals surface area contributed by atoms with E-state index in [9.17, 15) is 0 Å². The Balaban J connectivity index is 2.34. The fraction of sp³-hybridized carbons (Fsp3) is 0.133. The maximum Gasteiger partial charge on any atom is 0.129 e. The highest BCUT2D eigenvalue weighted by atomic mass is 79.9. The summed E-state index contributed by atoms with van der Waals surface area (Å²) in [6.07, 6.45) is 0. The van der Waals surface area contributed by atoms with Crippen molar-refractivity contribution in [3.8, 4) is 5.69 Å². The molecule has 4 heteroatoms. The highest BCUT2D eigenvalue weighted by molar-refractivity contribution is 9.10. The molecule has 19 heavy (non-hydrogen) atoms. The summed E-state index contributed by atoms with van der Waals surface area (Å²) in [4.78, 5) is 4.59. The molecule has 0 amide bonds. The predicted molar refractivity (Wildman–Crippen MR) is 83.1 cm³/mol. The Morgan fingerprint density at radius 3 is 2.74 bits per heavy atom. The lowest BCUT2D eigenvalue weighted by Gasteiger charge is -2.11. The van der Waals surface area contributed by atoms with Crippen molar-refractivity contribution in [2.45, 2.75) is 12.8 Å². The van der Waals surface area contributed by atoms with Crippen LogP contribution < -0.4 is 0 Å². The standard InChI is InChI=1S/C15H12BrClN2/c1-10-8-11(16)6-7-13(10)19-14-5-3-2-4-12(14)18-15(19)9-17/h2-8H,9H2,1H3. The van der Waals surface area contributed by atoms with Gasteiger partial charge in [-0.25, -0.2) is 4.98 Å². The summed E-state index contributed by atoms with van der Waals surface area (Å²) >= 11 is 9.54. The van der Waals surface area contributed by atoms with E-state index in [0.29, 0.717) is 5.88 Å². The number of rotatable bonds is 2. The van der Waals surface area contributed by atoms with Crippen LogP contribution in [0.2, 0.25) is 0 Å². The smallest absolute Gasteiger partial charge is 0.129 e. The SMILES string of the molecule is Cc1cc(Br)ccc1-n1c(CCl)nc2ccccc21. The summed E-state index contributed by atoms with van der Waals surface area (Å²) < 4.78 is 3.20. The van der Waals surface area contributed by atoms with Crippen molar-refractivity contribution in [3.05, 3.63) is 58.3 Å². The van der Waals surface area contributed by atoms with E-state index in [1.807, 2.05) is 24.3 Å². The molecular weight excluding hydrogens is 324 g/mol. The summed E-state index contributed by atoms with van der Waals surface area (Å²) in [6.45, 7) is 2.09. The number of fused-ring (bicyclic) bond motifs is 1. The molecule has 0 aliphatic rings. The molecular formula is C15H12BrClN2. The first-order valence-corrected chi connectivity index (χ1v) is 7.32. The molecule has 0 atom stereocenters. The van der Waals surface area contributed by atoms with Crippen LogP contribution in [0.1, 0.15) is 11.4 Å². The zero-order chi connectivity index (χ0) is 13.4. The Bertz CT molecular complexity index is 749. The number of aromatic nitrogens is 2. The first kappa shape index (κ1) is 12.7. The number of hydrogen-bond donors (Lipinski definition) is 0. The minimum atomic E-state index is 0.393. The number of halogens is 2. The molecule has 1 heterocycles. The van der Waals surface area contributed by atoms with Gasteiger partial charge in [0.15, 0.2) is 0 Å². The van der Waals surface area contributed by atoms with E-state index in [1.54, 1.807) is 0 Å². The Labute approximate surface area is 125 Å². The van der Waals surface area contributed by atoms with Crippen LogP contribution in [0, 0.1) is 6.92 Å². The number of aryl methyl sites for hydroxylation is 1. The largest absolute Gasteiger partial charge is 0.295 e. The molecule has 0 unspecified atom stereocenters. The number of hydrogen-bond acceptors (Lipinski definition) is 1. The third-order valence-corrected chi connectivity index (χ3v) is 3.88. The Kier molecular flexibility index (Phi) is 3.33. The maximum absolute atomic E-state index is 6.04. The molecule has 2 nitrogen and oxygen atoms in total. The lowest BCUT2D eigenvalue weighted by molar-refractivity contribution is 0.972. The molecule has 3 rings (SSSR count). The van der Waals surface area contributed by atoms with E-state index in [4.69, 9.17) is 11.6 Å². The van der Waals surface area contributed by atoms with Crippen molar-refractivity contribution in [3.63, 3.8) is 0 Å². The zero-order valence-electron chi connectivity index (χ0n) is 10.4. The van der Waals surface area contributed by atoms with Crippen molar-refractivity contribution in [2.24, 2.45) is 0 Å². The molecule has 0 bridgehead atoms. The third kappa shape index (κ3) is 2.17. The Morgan fingerprint density at radius 2 is 2.00 bits per heavy atom. The monoisotopic (exact) mass is 334 g/mol. The molecule has 0 radical (unpaired) electrons. The van der Waals surface area contributed by atoms with E-state index in [1.165, 1.54) is 5.56 Å². The van der Waals surface area contributed by atoms with Crippen molar-refractivity contribution in [2.75, 3.05) is 0 Å². The topological polar surface area (TPSA) is 17.8 Å². The summed E-state index contributed by atoms with van der Waals surface area (Å²) in [5, 5.41) is 0. The minimum Gasteiger partial charge on any atom is -0.295 e. The maximum atomic E-state index is 6.04. The molecule has 0 aliphatic heterocycles. The Morgan fingerprint density at radius 1 is 1.21 bits per heavy atom. The van der Waals surface area contributed by atoms with Crippen LogP contribution in [-0.4, -0.2) is 9.55 Å². The van der Waals surface area contributed by atoms with Crippen LogP contribution in [-0.2, 0) is 5.88 Å². The quantitative estimate of drug-likeness (QED) is 0.613. The van der Waals surface area contributed by atoms with Crippen LogP contribution in [0.5, 0.6) is 0 Å². The molecule has 2 aromatic carbocycles. The number of para-hydroxylation sites is 2. The molecule has 0 spiro atoms. The van der Waals surface area contributed by atoms with Gasteiger partial charge in [0, 0.05) is 4.47 Å². The van der Waals surface area contributed by atoms with E-state index in [0.717, 1.165) is 27.0 Å². The second kappa shape index (κ2) is 4.99. The number of nitrogens with zero attached hydrogens (tertiary/aromatic N) is 2. The van der Waals surface area contributed by atoms with Crippen LogP contribution in [0.15, 0.2) is 46.9 Å². The molecule has 0 saturated carbocycles. The van der Waals surface area contributed by atoms with Crippen LogP contribution in [0.4, 0.5) is 0 Å². The molecule has 0 saturated heterocycles. The van der Waals surface area contributed by atoms with Crippen LogP contribution in [0.3, 0.4) is 0 Å². The minimum absolute atomic E-state index is 0.393. The molecule has 96 valence electrons. The fourth-order valence-corrected chi connectivity index (χ4v) is 2.96. The Hall–Kier alpha value is -1.32. The van der Waals surface area contributed by atoms with Crippen LogP contribution in [0.25, 0.3) is 16.7 Å². The molecule has 0 aliphatic carbocycles. The first-order valence-electron chi connectivity index (χ1n) is 5.99. The van der Waals surface area contributed by atoms with Gasteiger partial charge in [0.05, 0.1) is 22.6 Å². The zero-order valence-corrected chi connectivity index (χ0v) is 12.7. The van der Waals surface area contributed by atoms with E-state index in [2.05, 4.69) is 50.6 Å². The number of alkyl halides is 1. The fourth-order valence-electron chi connectivity index (χ4n) is 2.30. The second-order valence-electron chi connectivity index (χ2n) is 4.42. The molecule has 0 fully saturated rings. The number of benzene rings is 2. The van der Waals surface area contributed by atoms with Gasteiger partial charge < -0.3 is 0 Å². The van der Waals surface area contributed by atoms with E-state index >= 15 is 0 Å². The van der Waals surface area contributed by atoms with Crippen molar-refractivity contribution in [1.29, 1.82) is 0 Å². The summed E-state index contributed by atoms with van der Waals surface area (Å²) in [5.74, 6) is 1.26. The van der Waals surface area contributed by atoms with Gasteiger partial charge in [0.1, 0.15) is 5.82 Å². The van der Waals surface area contributed by atoms with Gasteiger partial charge in [-0.05, 0) is 42.8 Å². The highest BCUT2D eigenvalue weighted by Gasteiger charge is 2.12. The summed E-state index contributed by atoms with van der Waals surface area (Å²) in [7, 11) is 0. The molecule has 3 aromatic rings. The molecule has 0 N–H and O–H groups in total. The predicted octanol–water partition coefficient (Wildman–Crippen LogP) is 4.84. The average molecular weight is 336 g/mol. The van der Waals surface area contributed by atoms with Gasteiger partial charge in [0.25, 0.3) is 0 Å². The van der Waals surface area contributed by atoms with Gasteiger partial charge in [-0.15, -0.1) is 11.6 Å². The van der Waals surface area contributed by atoms with E-state index < -0.39 is 0 Å². The van der Waals surface area contributed by atoms with Crippen molar-refractivity contribution < 1.29 is 0 Å². The summed E-state index contributed by atoms with van der Waals surface area (Å²) in [5.41, 5.74) is 4.36. The van der Waals surface area contributed by atoms with Crippen molar-refractivity contribution in [1.82, 2.24) is 9.55 Å². The second-order valence-corrected chi connectivity index (χ2v) is 5.60. The van der Waals surface area contributed by atoms with Gasteiger partial charge in [-0.1, -0.05) is 28.1 Å². The van der Waals surface area contributed by atoms with Gasteiger partial charge >= 0.3 is 0 Å². The summed E-state index contributed by atoms with van der Waals surface area (Å²) in [6, 6.07) is 14.3. The van der Waals surface area contributed by atoms with Gasteiger partial charge in [-0.2, -0.15) is 0 Å².